The van der Waals surface area contributed by atoms with Gasteiger partial charge in [-0.05, 0) is 54.4 Å². The molecule has 0 bridgehead atoms. The van der Waals surface area contributed by atoms with Gasteiger partial charge in [0.25, 0.3) is 5.91 Å². The zero-order chi connectivity index (χ0) is 18.5. The number of hydrogen-bond donors (Lipinski definition) is 1. The van der Waals surface area contributed by atoms with Crippen molar-refractivity contribution in [3.8, 4) is 0 Å². The molecule has 3 rings (SSSR count). The SMILES string of the molecule is Cc1cccc([S@](=O)Cc2ccc(C(=O)NCc3ccc(F)cc3)o2)c1. The maximum atomic E-state index is 12.9. The Morgan fingerprint density at radius 2 is 1.88 bits per heavy atom. The molecule has 6 heteroatoms. The second-order valence-electron chi connectivity index (χ2n) is 5.88. The molecule has 0 saturated carbocycles. The van der Waals surface area contributed by atoms with Crippen molar-refractivity contribution in [1.82, 2.24) is 5.32 Å². The van der Waals surface area contributed by atoms with Crippen LogP contribution in [-0.2, 0) is 23.1 Å². The average molecular weight is 371 g/mol. The van der Waals surface area contributed by atoms with Crippen molar-refractivity contribution in [1.29, 1.82) is 0 Å². The number of amides is 1. The summed E-state index contributed by atoms with van der Waals surface area (Å²) in [6, 6.07) is 16.6. The first-order chi connectivity index (χ1) is 12.5. The molecule has 0 fully saturated rings. The second kappa shape index (κ2) is 8.10. The lowest BCUT2D eigenvalue weighted by atomic mass is 10.2. The molecule has 0 spiro atoms. The number of rotatable bonds is 6. The molecule has 1 N–H and O–H groups in total. The Morgan fingerprint density at radius 1 is 1.12 bits per heavy atom. The molecule has 1 amide bonds. The number of carbonyl (C=O) groups is 1. The highest BCUT2D eigenvalue weighted by atomic mass is 32.2. The van der Waals surface area contributed by atoms with Gasteiger partial charge in [0.2, 0.25) is 0 Å². The largest absolute Gasteiger partial charge is 0.455 e. The summed E-state index contributed by atoms with van der Waals surface area (Å²) in [6.07, 6.45) is 0. The molecule has 1 atom stereocenters. The minimum absolute atomic E-state index is 0.156. The van der Waals surface area contributed by atoms with Gasteiger partial charge >= 0.3 is 0 Å². The smallest absolute Gasteiger partial charge is 0.287 e. The summed E-state index contributed by atoms with van der Waals surface area (Å²) < 4.78 is 30.8. The van der Waals surface area contributed by atoms with Crippen LogP contribution in [0, 0.1) is 12.7 Å². The minimum Gasteiger partial charge on any atom is -0.455 e. The Bertz CT molecular complexity index is 934. The van der Waals surface area contributed by atoms with E-state index in [1.807, 2.05) is 31.2 Å². The third-order valence-electron chi connectivity index (χ3n) is 3.78. The fraction of sp³-hybridized carbons (Fsp3) is 0.150. The van der Waals surface area contributed by atoms with Crippen LogP contribution in [0.4, 0.5) is 4.39 Å². The van der Waals surface area contributed by atoms with Crippen molar-refractivity contribution in [2.75, 3.05) is 0 Å². The van der Waals surface area contributed by atoms with Crippen molar-refractivity contribution >= 4 is 16.7 Å². The fourth-order valence-corrected chi connectivity index (χ4v) is 3.55. The highest BCUT2D eigenvalue weighted by Gasteiger charge is 2.13. The van der Waals surface area contributed by atoms with E-state index in [1.54, 1.807) is 24.3 Å². The lowest BCUT2D eigenvalue weighted by Gasteiger charge is -2.04. The van der Waals surface area contributed by atoms with E-state index in [0.717, 1.165) is 16.0 Å². The van der Waals surface area contributed by atoms with E-state index in [4.69, 9.17) is 4.42 Å². The molecule has 1 heterocycles. The van der Waals surface area contributed by atoms with Crippen LogP contribution in [-0.4, -0.2) is 10.1 Å². The number of aryl methyl sites for hydroxylation is 1. The molecule has 1 aromatic heterocycles. The molecule has 0 radical (unpaired) electrons. The van der Waals surface area contributed by atoms with Crippen LogP contribution >= 0.6 is 0 Å². The maximum Gasteiger partial charge on any atom is 0.287 e. The molecule has 0 unspecified atom stereocenters. The third-order valence-corrected chi connectivity index (χ3v) is 5.10. The van der Waals surface area contributed by atoms with Crippen molar-refractivity contribution < 1.29 is 17.8 Å². The van der Waals surface area contributed by atoms with E-state index < -0.39 is 10.8 Å². The topological polar surface area (TPSA) is 59.3 Å². The number of carbonyl (C=O) groups excluding carboxylic acids is 1. The Kier molecular flexibility index (Phi) is 5.63. The molecule has 26 heavy (non-hydrogen) atoms. The predicted octanol–water partition coefficient (Wildman–Crippen LogP) is 3.96. The van der Waals surface area contributed by atoms with Crippen LogP contribution < -0.4 is 5.32 Å². The Hall–Kier alpha value is -2.73. The van der Waals surface area contributed by atoms with Gasteiger partial charge in [0.1, 0.15) is 11.6 Å². The van der Waals surface area contributed by atoms with Gasteiger partial charge in [0, 0.05) is 11.4 Å². The van der Waals surface area contributed by atoms with Gasteiger partial charge < -0.3 is 9.73 Å². The van der Waals surface area contributed by atoms with E-state index >= 15 is 0 Å². The van der Waals surface area contributed by atoms with Gasteiger partial charge in [-0.3, -0.25) is 9.00 Å². The number of benzene rings is 2. The summed E-state index contributed by atoms with van der Waals surface area (Å²) in [5, 5.41) is 2.71. The minimum atomic E-state index is -1.24. The number of halogens is 1. The molecule has 0 saturated heterocycles. The monoisotopic (exact) mass is 371 g/mol. The van der Waals surface area contributed by atoms with Crippen LogP contribution in [0.2, 0.25) is 0 Å². The summed E-state index contributed by atoms with van der Waals surface area (Å²) in [5.74, 6) is 0.147. The number of nitrogens with one attached hydrogen (secondary N) is 1. The quantitative estimate of drug-likeness (QED) is 0.713. The van der Waals surface area contributed by atoms with E-state index in [2.05, 4.69) is 5.32 Å². The predicted molar refractivity (Wildman–Crippen MR) is 97.6 cm³/mol. The van der Waals surface area contributed by atoms with E-state index in [9.17, 15) is 13.4 Å². The van der Waals surface area contributed by atoms with Gasteiger partial charge in [-0.25, -0.2) is 4.39 Å². The molecule has 0 aliphatic carbocycles. The van der Waals surface area contributed by atoms with Gasteiger partial charge in [-0.1, -0.05) is 24.3 Å². The second-order valence-corrected chi connectivity index (χ2v) is 7.33. The first-order valence-corrected chi connectivity index (χ1v) is 9.39. The number of hydrogen-bond acceptors (Lipinski definition) is 3. The fourth-order valence-electron chi connectivity index (χ4n) is 2.42. The Morgan fingerprint density at radius 3 is 2.62 bits per heavy atom. The van der Waals surface area contributed by atoms with Gasteiger partial charge in [0.05, 0.1) is 16.6 Å². The van der Waals surface area contributed by atoms with Crippen molar-refractivity contribution in [3.63, 3.8) is 0 Å². The molecule has 4 nitrogen and oxygen atoms in total. The summed E-state index contributed by atoms with van der Waals surface area (Å²) >= 11 is 0. The number of furan rings is 1. The Balaban J connectivity index is 1.59. The standard InChI is InChI=1S/C20H18FNO3S/c1-14-3-2-4-18(11-14)26(24)13-17-9-10-19(25-17)20(23)22-12-15-5-7-16(21)8-6-15/h2-11H,12-13H2,1H3,(H,22,23)/t26-/m1/s1. The summed E-state index contributed by atoms with van der Waals surface area (Å²) in [4.78, 5) is 12.9. The van der Waals surface area contributed by atoms with Crippen LogP contribution in [0.25, 0.3) is 0 Å². The van der Waals surface area contributed by atoms with Crippen LogP contribution in [0.1, 0.15) is 27.4 Å². The maximum absolute atomic E-state index is 12.9. The molecular weight excluding hydrogens is 353 g/mol. The third kappa shape index (κ3) is 4.67. The van der Waals surface area contributed by atoms with Gasteiger partial charge in [-0.2, -0.15) is 0 Å². The van der Waals surface area contributed by atoms with Crippen molar-refractivity contribution in [3.05, 3.63) is 89.1 Å². The van der Waals surface area contributed by atoms with E-state index in [-0.39, 0.29) is 29.8 Å². The molecule has 2 aromatic carbocycles. The first-order valence-electron chi connectivity index (χ1n) is 8.07. The zero-order valence-corrected chi connectivity index (χ0v) is 15.0. The summed E-state index contributed by atoms with van der Waals surface area (Å²) in [6.45, 7) is 2.21. The van der Waals surface area contributed by atoms with Crippen LogP contribution in [0.3, 0.4) is 0 Å². The van der Waals surface area contributed by atoms with Crippen molar-refractivity contribution in [2.24, 2.45) is 0 Å². The highest BCUT2D eigenvalue weighted by Crippen LogP contribution is 2.16. The molecule has 0 aliphatic heterocycles. The van der Waals surface area contributed by atoms with Crippen molar-refractivity contribution in [2.45, 2.75) is 24.1 Å². The van der Waals surface area contributed by atoms with Gasteiger partial charge in [0.15, 0.2) is 5.76 Å². The highest BCUT2D eigenvalue weighted by molar-refractivity contribution is 7.84. The zero-order valence-electron chi connectivity index (χ0n) is 14.2. The normalized spacial score (nSPS) is 11.9. The summed E-state index contributed by atoms with van der Waals surface area (Å²) in [5.41, 5.74) is 1.82. The van der Waals surface area contributed by atoms with E-state index in [1.165, 1.54) is 12.1 Å². The van der Waals surface area contributed by atoms with E-state index in [0.29, 0.717) is 5.76 Å². The first kappa shape index (κ1) is 18.1. The average Bonchev–Trinajstić information content (AvgIpc) is 3.09. The molecule has 134 valence electrons. The Labute approximate surface area is 153 Å². The molecular formula is C20H18FNO3S. The molecule has 3 aromatic rings. The van der Waals surface area contributed by atoms with Gasteiger partial charge in [-0.15, -0.1) is 0 Å². The lowest BCUT2D eigenvalue weighted by Crippen LogP contribution is -2.22. The molecule has 0 aliphatic rings. The summed E-state index contributed by atoms with van der Waals surface area (Å²) in [7, 11) is -1.24. The van der Waals surface area contributed by atoms with Crippen LogP contribution in [0.15, 0.2) is 70.0 Å². The lowest BCUT2D eigenvalue weighted by molar-refractivity contribution is 0.0921. The van der Waals surface area contributed by atoms with Crippen LogP contribution in [0.5, 0.6) is 0 Å².